The van der Waals surface area contributed by atoms with Crippen LogP contribution in [0.1, 0.15) is 19.0 Å². The lowest BCUT2D eigenvalue weighted by atomic mass is 10.3. The van der Waals surface area contributed by atoms with E-state index in [-0.39, 0.29) is 12.5 Å². The van der Waals surface area contributed by atoms with Crippen LogP contribution < -0.4 is 5.32 Å². The number of halogens is 1. The Bertz CT molecular complexity index is 809. The van der Waals surface area contributed by atoms with Crippen molar-refractivity contribution in [2.75, 3.05) is 38.7 Å². The monoisotopic (exact) mass is 404 g/mol. The highest BCUT2D eigenvalue weighted by Gasteiger charge is 2.21. The fourth-order valence-corrected chi connectivity index (χ4v) is 2.90. The predicted octanol–water partition coefficient (Wildman–Crippen LogP) is 3.08. The number of nitrogens with zero attached hydrogens (tertiary/aromatic N) is 3. The van der Waals surface area contributed by atoms with Gasteiger partial charge >= 0.3 is 6.03 Å². The Hall–Kier alpha value is -2.87. The minimum Gasteiger partial charge on any atom is -0.383 e. The number of ether oxygens (including phenoxy) is 1. The van der Waals surface area contributed by atoms with E-state index in [4.69, 9.17) is 4.74 Å². The van der Waals surface area contributed by atoms with Crippen LogP contribution in [-0.4, -0.2) is 59.7 Å². The first-order chi connectivity index (χ1) is 13.9. The maximum atomic E-state index is 13.4. The third kappa shape index (κ3) is 6.90. The lowest BCUT2D eigenvalue weighted by Gasteiger charge is -2.27. The van der Waals surface area contributed by atoms with Crippen molar-refractivity contribution in [3.05, 3.63) is 54.1 Å². The number of aryl methyl sites for hydroxylation is 1. The molecule has 0 aliphatic rings. The Morgan fingerprint density at radius 3 is 2.59 bits per heavy atom. The average molecular weight is 404 g/mol. The number of hydrogen-bond acceptors (Lipinski definition) is 3. The zero-order valence-electron chi connectivity index (χ0n) is 17.2. The quantitative estimate of drug-likeness (QED) is 0.662. The van der Waals surface area contributed by atoms with Gasteiger partial charge in [0.2, 0.25) is 5.91 Å². The van der Waals surface area contributed by atoms with Crippen molar-refractivity contribution in [1.82, 2.24) is 14.4 Å². The average Bonchev–Trinajstić information content (AvgIpc) is 3.09. The van der Waals surface area contributed by atoms with Gasteiger partial charge in [0.1, 0.15) is 12.4 Å². The first-order valence-electron chi connectivity index (χ1n) is 9.63. The third-order valence-corrected chi connectivity index (χ3v) is 4.50. The van der Waals surface area contributed by atoms with Crippen LogP contribution in [0, 0.1) is 5.82 Å². The van der Waals surface area contributed by atoms with Crippen LogP contribution in [0.25, 0.3) is 0 Å². The molecule has 1 N–H and O–H groups in total. The smallest absolute Gasteiger partial charge is 0.322 e. The van der Waals surface area contributed by atoms with Crippen molar-refractivity contribution >= 4 is 17.6 Å². The molecule has 158 valence electrons. The maximum absolute atomic E-state index is 13.4. The lowest BCUT2D eigenvalue weighted by Crippen LogP contribution is -2.45. The largest absolute Gasteiger partial charge is 0.383 e. The first-order valence-corrected chi connectivity index (χ1v) is 9.63. The van der Waals surface area contributed by atoms with Crippen LogP contribution in [0.3, 0.4) is 0 Å². The van der Waals surface area contributed by atoms with E-state index in [1.54, 1.807) is 18.1 Å². The molecule has 3 amide bonds. The molecule has 1 aromatic carbocycles. The van der Waals surface area contributed by atoms with Gasteiger partial charge in [-0.15, -0.1) is 0 Å². The number of anilines is 1. The number of benzene rings is 1. The molecule has 0 spiro atoms. The summed E-state index contributed by atoms with van der Waals surface area (Å²) in [4.78, 5) is 28.7. The van der Waals surface area contributed by atoms with Crippen LogP contribution in [-0.2, 0) is 23.1 Å². The van der Waals surface area contributed by atoms with Gasteiger partial charge in [-0.1, -0.05) is 13.0 Å². The van der Waals surface area contributed by atoms with Crippen LogP contribution >= 0.6 is 0 Å². The summed E-state index contributed by atoms with van der Waals surface area (Å²) in [5.41, 5.74) is 1.34. The molecule has 0 atom stereocenters. The molecule has 0 aliphatic carbocycles. The molecule has 0 aliphatic heterocycles. The van der Waals surface area contributed by atoms with Gasteiger partial charge in [-0.25, -0.2) is 9.18 Å². The van der Waals surface area contributed by atoms with E-state index >= 15 is 0 Å². The van der Waals surface area contributed by atoms with Gasteiger partial charge in [-0.2, -0.15) is 0 Å². The number of hydrogen-bond donors (Lipinski definition) is 1. The molecule has 0 saturated heterocycles. The van der Waals surface area contributed by atoms with Crippen molar-refractivity contribution in [3.8, 4) is 0 Å². The molecule has 2 aromatic rings. The molecule has 0 unspecified atom stereocenters. The number of carbonyl (C=O) groups excluding carboxylic acids is 2. The number of carbonyl (C=O) groups is 2. The van der Waals surface area contributed by atoms with E-state index < -0.39 is 11.8 Å². The van der Waals surface area contributed by atoms with Gasteiger partial charge in [0.05, 0.1) is 13.2 Å². The molecule has 0 bridgehead atoms. The molecule has 1 heterocycles. The number of nitrogens with one attached hydrogen (secondary N) is 1. The van der Waals surface area contributed by atoms with E-state index in [0.717, 1.165) is 5.69 Å². The van der Waals surface area contributed by atoms with E-state index in [1.807, 2.05) is 36.9 Å². The third-order valence-electron chi connectivity index (χ3n) is 4.50. The van der Waals surface area contributed by atoms with Crippen molar-refractivity contribution < 1.29 is 18.7 Å². The van der Waals surface area contributed by atoms with Gasteiger partial charge in [0.25, 0.3) is 0 Å². The molecule has 0 saturated carbocycles. The molecule has 0 fully saturated rings. The standard InChI is InChI=1S/C21H29FN4O3/c1-4-10-26(21(28)23-18-8-5-7-17(22)14-18)16-20(27)25(12-13-29-3)15-19-9-6-11-24(19)2/h5-9,11,14H,4,10,12-13,15-16H2,1-3H3,(H,23,28). The van der Waals surface area contributed by atoms with Gasteiger partial charge in [0.15, 0.2) is 0 Å². The molecule has 1 aromatic heterocycles. The summed E-state index contributed by atoms with van der Waals surface area (Å²) in [6.45, 7) is 3.53. The summed E-state index contributed by atoms with van der Waals surface area (Å²) >= 11 is 0. The molecular weight excluding hydrogens is 375 g/mol. The summed E-state index contributed by atoms with van der Waals surface area (Å²) in [7, 11) is 3.51. The highest BCUT2D eigenvalue weighted by Crippen LogP contribution is 2.11. The Morgan fingerprint density at radius 2 is 1.97 bits per heavy atom. The molecule has 29 heavy (non-hydrogen) atoms. The highest BCUT2D eigenvalue weighted by atomic mass is 19.1. The minimum atomic E-state index is -0.436. The zero-order valence-corrected chi connectivity index (χ0v) is 17.2. The fraction of sp³-hybridized carbons (Fsp3) is 0.429. The normalized spacial score (nSPS) is 10.6. The Morgan fingerprint density at radius 1 is 1.17 bits per heavy atom. The van der Waals surface area contributed by atoms with E-state index in [1.165, 1.54) is 23.1 Å². The summed E-state index contributed by atoms with van der Waals surface area (Å²) < 4.78 is 20.5. The maximum Gasteiger partial charge on any atom is 0.322 e. The second-order valence-electron chi connectivity index (χ2n) is 6.78. The van der Waals surface area contributed by atoms with E-state index in [9.17, 15) is 14.0 Å². The predicted molar refractivity (Wildman–Crippen MR) is 110 cm³/mol. The SMILES string of the molecule is CCCN(CC(=O)N(CCOC)Cc1cccn1C)C(=O)Nc1cccc(F)c1. The zero-order chi connectivity index (χ0) is 21.2. The highest BCUT2D eigenvalue weighted by molar-refractivity contribution is 5.92. The van der Waals surface area contributed by atoms with Crippen molar-refractivity contribution in [2.45, 2.75) is 19.9 Å². The number of aromatic nitrogens is 1. The molecular formula is C21H29FN4O3. The Balaban J connectivity index is 2.07. The van der Waals surface area contributed by atoms with E-state index in [0.29, 0.717) is 38.3 Å². The number of urea groups is 1. The van der Waals surface area contributed by atoms with Crippen LogP contribution in [0.15, 0.2) is 42.6 Å². The van der Waals surface area contributed by atoms with Gasteiger partial charge < -0.3 is 24.4 Å². The van der Waals surface area contributed by atoms with Gasteiger partial charge in [-0.05, 0) is 36.8 Å². The minimum absolute atomic E-state index is 0.0663. The summed E-state index contributed by atoms with van der Waals surface area (Å²) in [6.07, 6.45) is 2.61. The van der Waals surface area contributed by atoms with E-state index in [2.05, 4.69) is 5.32 Å². The second kappa shape index (κ2) is 11.2. The number of amides is 3. The summed E-state index contributed by atoms with van der Waals surface area (Å²) in [6, 6.07) is 9.11. The number of methoxy groups -OCH3 is 1. The van der Waals surface area contributed by atoms with Crippen molar-refractivity contribution in [1.29, 1.82) is 0 Å². The topological polar surface area (TPSA) is 66.8 Å². The first kappa shape index (κ1) is 22.4. The summed E-state index contributed by atoms with van der Waals surface area (Å²) in [5.74, 6) is -0.611. The van der Waals surface area contributed by atoms with Crippen LogP contribution in [0.4, 0.5) is 14.9 Å². The van der Waals surface area contributed by atoms with Crippen LogP contribution in [0.5, 0.6) is 0 Å². The number of rotatable bonds is 10. The lowest BCUT2D eigenvalue weighted by molar-refractivity contribution is -0.133. The second-order valence-corrected chi connectivity index (χ2v) is 6.78. The van der Waals surface area contributed by atoms with Crippen molar-refractivity contribution in [3.63, 3.8) is 0 Å². The Labute approximate surface area is 171 Å². The molecule has 0 radical (unpaired) electrons. The Kier molecular flexibility index (Phi) is 8.67. The van der Waals surface area contributed by atoms with Gasteiger partial charge in [-0.3, -0.25) is 4.79 Å². The molecule has 7 nitrogen and oxygen atoms in total. The van der Waals surface area contributed by atoms with Crippen molar-refractivity contribution in [2.24, 2.45) is 7.05 Å². The molecule has 2 rings (SSSR count). The van der Waals surface area contributed by atoms with Gasteiger partial charge in [0, 0.05) is 44.8 Å². The van der Waals surface area contributed by atoms with Crippen LogP contribution in [0.2, 0.25) is 0 Å². The fourth-order valence-electron chi connectivity index (χ4n) is 2.90. The molecule has 8 heteroatoms. The summed E-state index contributed by atoms with van der Waals surface area (Å²) in [5, 5.41) is 2.66.